The highest BCUT2D eigenvalue weighted by atomic mass is 16.1. The molecule has 0 heterocycles. The van der Waals surface area contributed by atoms with Crippen LogP contribution in [0.15, 0.2) is 24.3 Å². The van der Waals surface area contributed by atoms with Crippen molar-refractivity contribution in [1.82, 2.24) is 5.32 Å². The van der Waals surface area contributed by atoms with Gasteiger partial charge in [-0.05, 0) is 43.4 Å². The van der Waals surface area contributed by atoms with Crippen molar-refractivity contribution in [2.45, 2.75) is 58.4 Å². The highest BCUT2D eigenvalue weighted by molar-refractivity contribution is 5.77. The number of aryl methyl sites for hydroxylation is 1. The average molecular weight is 262 g/mol. The summed E-state index contributed by atoms with van der Waals surface area (Å²) < 4.78 is 0. The van der Waals surface area contributed by atoms with Crippen LogP contribution in [0.5, 0.6) is 0 Å². The maximum absolute atomic E-state index is 12.0. The summed E-state index contributed by atoms with van der Waals surface area (Å²) in [6.45, 7) is 6.40. The van der Waals surface area contributed by atoms with Gasteiger partial charge in [-0.2, -0.15) is 0 Å². The van der Waals surface area contributed by atoms with Gasteiger partial charge in [-0.15, -0.1) is 0 Å². The van der Waals surface area contributed by atoms with Gasteiger partial charge in [0, 0.05) is 17.6 Å². The molecule has 0 saturated carbocycles. The van der Waals surface area contributed by atoms with Gasteiger partial charge in [0.25, 0.3) is 0 Å². The molecule has 0 aliphatic rings. The van der Waals surface area contributed by atoms with E-state index in [0.717, 1.165) is 36.9 Å². The molecule has 0 saturated heterocycles. The molecule has 0 unspecified atom stereocenters. The molecule has 3 heteroatoms. The molecule has 0 bridgehead atoms. The summed E-state index contributed by atoms with van der Waals surface area (Å²) in [5.41, 5.74) is 7.52. The lowest BCUT2D eigenvalue weighted by molar-refractivity contribution is -0.123. The second-order valence-corrected chi connectivity index (χ2v) is 5.13. The number of carbonyl (C=O) groups is 1. The van der Waals surface area contributed by atoms with E-state index in [1.165, 1.54) is 0 Å². The van der Waals surface area contributed by atoms with Crippen LogP contribution in [-0.2, 0) is 11.2 Å². The molecule has 0 aliphatic carbocycles. The molecule has 0 atom stereocenters. The number of hydrogen-bond acceptors (Lipinski definition) is 2. The molecule has 3 N–H and O–H groups in total. The smallest absolute Gasteiger partial charge is 0.220 e. The van der Waals surface area contributed by atoms with Crippen LogP contribution in [0.3, 0.4) is 0 Å². The zero-order valence-electron chi connectivity index (χ0n) is 12.3. The molecule has 0 aromatic heterocycles. The minimum absolute atomic E-state index is 0.0296. The van der Waals surface area contributed by atoms with Crippen molar-refractivity contribution in [3.05, 3.63) is 29.8 Å². The lowest BCUT2D eigenvalue weighted by atomic mass is 9.89. The Morgan fingerprint density at radius 1 is 1.11 bits per heavy atom. The van der Waals surface area contributed by atoms with Gasteiger partial charge in [0.2, 0.25) is 5.91 Å². The molecule has 0 fully saturated rings. The van der Waals surface area contributed by atoms with E-state index in [1.807, 2.05) is 24.3 Å². The predicted molar refractivity (Wildman–Crippen MR) is 80.9 cm³/mol. The molecule has 19 heavy (non-hydrogen) atoms. The zero-order chi connectivity index (χ0) is 14.3. The van der Waals surface area contributed by atoms with Crippen molar-refractivity contribution in [3.63, 3.8) is 0 Å². The van der Waals surface area contributed by atoms with Gasteiger partial charge in [0.1, 0.15) is 0 Å². The Hall–Kier alpha value is -1.51. The van der Waals surface area contributed by atoms with Crippen LogP contribution in [0.4, 0.5) is 5.69 Å². The standard InChI is InChI=1S/C16H26N2O/c1-4-16(5-2,6-3)18-15(19)12-9-13-7-10-14(17)11-8-13/h7-8,10-11H,4-6,9,12,17H2,1-3H3,(H,18,19). The molecule has 0 spiro atoms. The van der Waals surface area contributed by atoms with E-state index in [1.54, 1.807) is 0 Å². The van der Waals surface area contributed by atoms with Crippen molar-refractivity contribution < 1.29 is 4.79 Å². The van der Waals surface area contributed by atoms with Crippen LogP contribution >= 0.6 is 0 Å². The van der Waals surface area contributed by atoms with Crippen molar-refractivity contribution in [3.8, 4) is 0 Å². The Labute approximate surface area is 116 Å². The molecule has 106 valence electrons. The van der Waals surface area contributed by atoms with Crippen LogP contribution in [0.25, 0.3) is 0 Å². The third-order valence-electron chi connectivity index (χ3n) is 4.06. The summed E-state index contributed by atoms with van der Waals surface area (Å²) in [6.07, 6.45) is 4.24. The van der Waals surface area contributed by atoms with Crippen LogP contribution < -0.4 is 11.1 Å². The Bertz CT molecular complexity index is 385. The lowest BCUT2D eigenvalue weighted by Gasteiger charge is -2.31. The molecular formula is C16H26N2O. The van der Waals surface area contributed by atoms with Crippen LogP contribution in [0.2, 0.25) is 0 Å². The first kappa shape index (κ1) is 15.5. The largest absolute Gasteiger partial charge is 0.399 e. The monoisotopic (exact) mass is 262 g/mol. The molecule has 1 amide bonds. The average Bonchev–Trinajstić information content (AvgIpc) is 2.44. The molecule has 1 aromatic carbocycles. The fourth-order valence-electron chi connectivity index (χ4n) is 2.32. The van der Waals surface area contributed by atoms with E-state index in [-0.39, 0.29) is 11.4 Å². The van der Waals surface area contributed by atoms with E-state index in [2.05, 4.69) is 26.1 Å². The molecule has 0 aliphatic heterocycles. The van der Waals surface area contributed by atoms with Crippen molar-refractivity contribution in [2.24, 2.45) is 0 Å². The summed E-state index contributed by atoms with van der Waals surface area (Å²) in [7, 11) is 0. The maximum Gasteiger partial charge on any atom is 0.220 e. The quantitative estimate of drug-likeness (QED) is 0.741. The van der Waals surface area contributed by atoms with E-state index in [4.69, 9.17) is 5.73 Å². The number of nitrogen functional groups attached to an aromatic ring is 1. The molecular weight excluding hydrogens is 236 g/mol. The number of nitrogens with two attached hydrogens (primary N) is 1. The van der Waals surface area contributed by atoms with Crippen molar-refractivity contribution in [2.75, 3.05) is 5.73 Å². The van der Waals surface area contributed by atoms with E-state index >= 15 is 0 Å². The number of anilines is 1. The Morgan fingerprint density at radius 2 is 1.63 bits per heavy atom. The van der Waals surface area contributed by atoms with Gasteiger partial charge >= 0.3 is 0 Å². The molecule has 1 aromatic rings. The highest BCUT2D eigenvalue weighted by Gasteiger charge is 2.25. The van der Waals surface area contributed by atoms with E-state index < -0.39 is 0 Å². The second-order valence-electron chi connectivity index (χ2n) is 5.13. The van der Waals surface area contributed by atoms with Crippen molar-refractivity contribution >= 4 is 11.6 Å². The Balaban J connectivity index is 2.49. The first-order valence-electron chi connectivity index (χ1n) is 7.20. The number of hydrogen-bond donors (Lipinski definition) is 2. The fourth-order valence-corrected chi connectivity index (χ4v) is 2.32. The van der Waals surface area contributed by atoms with Crippen molar-refractivity contribution in [1.29, 1.82) is 0 Å². The Morgan fingerprint density at radius 3 is 2.11 bits per heavy atom. The van der Waals surface area contributed by atoms with E-state index in [9.17, 15) is 4.79 Å². The predicted octanol–water partition coefficient (Wildman–Crippen LogP) is 3.29. The number of amides is 1. The summed E-state index contributed by atoms with van der Waals surface area (Å²) in [6, 6.07) is 7.72. The topological polar surface area (TPSA) is 55.1 Å². The minimum atomic E-state index is -0.0296. The summed E-state index contributed by atoms with van der Waals surface area (Å²) >= 11 is 0. The van der Waals surface area contributed by atoms with Gasteiger partial charge in [-0.25, -0.2) is 0 Å². The Kier molecular flexibility index (Phi) is 5.87. The molecule has 3 nitrogen and oxygen atoms in total. The zero-order valence-corrected chi connectivity index (χ0v) is 12.3. The van der Waals surface area contributed by atoms with E-state index in [0.29, 0.717) is 6.42 Å². The highest BCUT2D eigenvalue weighted by Crippen LogP contribution is 2.19. The van der Waals surface area contributed by atoms with Crippen LogP contribution in [0, 0.1) is 0 Å². The van der Waals surface area contributed by atoms with Gasteiger partial charge in [-0.3, -0.25) is 4.79 Å². The van der Waals surface area contributed by atoms with Crippen LogP contribution in [-0.4, -0.2) is 11.4 Å². The fraction of sp³-hybridized carbons (Fsp3) is 0.562. The maximum atomic E-state index is 12.0. The lowest BCUT2D eigenvalue weighted by Crippen LogP contribution is -2.47. The summed E-state index contributed by atoms with van der Waals surface area (Å²) in [5.74, 6) is 0.141. The second kappa shape index (κ2) is 7.17. The SMILES string of the molecule is CCC(CC)(CC)NC(=O)CCc1ccc(N)cc1. The van der Waals surface area contributed by atoms with Gasteiger partial charge < -0.3 is 11.1 Å². The third-order valence-corrected chi connectivity index (χ3v) is 4.06. The molecule has 0 radical (unpaired) electrons. The normalized spacial score (nSPS) is 11.3. The number of nitrogens with one attached hydrogen (secondary N) is 1. The summed E-state index contributed by atoms with van der Waals surface area (Å²) in [5, 5.41) is 3.20. The summed E-state index contributed by atoms with van der Waals surface area (Å²) in [4.78, 5) is 12.0. The minimum Gasteiger partial charge on any atom is -0.399 e. The number of benzene rings is 1. The third kappa shape index (κ3) is 4.58. The van der Waals surface area contributed by atoms with Gasteiger partial charge in [0.15, 0.2) is 0 Å². The first-order chi connectivity index (χ1) is 9.05. The molecule has 1 rings (SSSR count). The van der Waals surface area contributed by atoms with Gasteiger partial charge in [0.05, 0.1) is 0 Å². The van der Waals surface area contributed by atoms with Gasteiger partial charge in [-0.1, -0.05) is 32.9 Å². The van der Waals surface area contributed by atoms with Crippen LogP contribution in [0.1, 0.15) is 52.0 Å². The number of rotatable bonds is 7. The first-order valence-corrected chi connectivity index (χ1v) is 7.20. The number of carbonyl (C=O) groups excluding carboxylic acids is 1.